The minimum absolute atomic E-state index is 0.194. The van der Waals surface area contributed by atoms with Gasteiger partial charge in [-0.2, -0.15) is 0 Å². The molecular weight excluding hydrogens is 290 g/mol. The minimum atomic E-state index is -0.318. The van der Waals surface area contributed by atoms with Crippen LogP contribution in [0.1, 0.15) is 18.5 Å². The van der Waals surface area contributed by atoms with Crippen molar-refractivity contribution in [2.75, 3.05) is 27.2 Å². The third-order valence-electron chi connectivity index (χ3n) is 3.57. The summed E-state index contributed by atoms with van der Waals surface area (Å²) in [4.78, 5) is 16.8. The molecule has 0 spiro atoms. The van der Waals surface area contributed by atoms with E-state index in [-0.39, 0.29) is 12.1 Å². The van der Waals surface area contributed by atoms with Crippen molar-refractivity contribution in [3.8, 4) is 11.1 Å². The molecule has 5 heteroatoms. The van der Waals surface area contributed by atoms with E-state index in [0.29, 0.717) is 13.2 Å². The van der Waals surface area contributed by atoms with Gasteiger partial charge in [-0.25, -0.2) is 4.79 Å². The number of nitrogens with zero attached hydrogens (tertiary/aromatic N) is 2. The molecule has 0 fully saturated rings. The summed E-state index contributed by atoms with van der Waals surface area (Å²) < 4.78 is 5.09. The number of rotatable bonds is 6. The molecule has 2 aromatic rings. The summed E-state index contributed by atoms with van der Waals surface area (Å²) in [7, 11) is 3.34. The van der Waals surface area contributed by atoms with Crippen LogP contribution in [0.5, 0.6) is 0 Å². The van der Waals surface area contributed by atoms with Crippen molar-refractivity contribution < 1.29 is 9.53 Å². The lowest BCUT2D eigenvalue weighted by Gasteiger charge is -2.16. The standard InChI is InChI=1S/C18H23N3O2/c1-14(20-12-13-23-18(22)21(2)3)15-4-6-16(7-5-15)17-8-10-19-11-9-17/h4-11,14,20H,12-13H2,1-3H3. The molecule has 2 rings (SSSR count). The lowest BCUT2D eigenvalue weighted by molar-refractivity contribution is 0.118. The molecule has 0 aliphatic heterocycles. The summed E-state index contributed by atoms with van der Waals surface area (Å²) in [5, 5.41) is 3.35. The van der Waals surface area contributed by atoms with Crippen LogP contribution in [0.3, 0.4) is 0 Å². The van der Waals surface area contributed by atoms with Crippen LogP contribution in [-0.2, 0) is 4.74 Å². The van der Waals surface area contributed by atoms with Gasteiger partial charge in [0.2, 0.25) is 0 Å². The van der Waals surface area contributed by atoms with Crippen LogP contribution in [0, 0.1) is 0 Å². The zero-order chi connectivity index (χ0) is 16.7. The van der Waals surface area contributed by atoms with Crippen molar-refractivity contribution in [1.82, 2.24) is 15.2 Å². The van der Waals surface area contributed by atoms with Gasteiger partial charge in [0, 0.05) is 39.1 Å². The number of benzene rings is 1. The molecule has 0 radical (unpaired) electrons. The molecule has 1 heterocycles. The number of amides is 1. The van der Waals surface area contributed by atoms with Crippen molar-refractivity contribution in [1.29, 1.82) is 0 Å². The number of nitrogens with one attached hydrogen (secondary N) is 1. The molecule has 0 aliphatic rings. The van der Waals surface area contributed by atoms with Crippen molar-refractivity contribution in [3.63, 3.8) is 0 Å². The second kappa shape index (κ2) is 8.29. The maximum Gasteiger partial charge on any atom is 0.409 e. The Bertz CT molecular complexity index is 612. The second-order valence-corrected chi connectivity index (χ2v) is 5.54. The highest BCUT2D eigenvalue weighted by Crippen LogP contribution is 2.21. The Morgan fingerprint density at radius 1 is 1.13 bits per heavy atom. The van der Waals surface area contributed by atoms with E-state index in [1.54, 1.807) is 26.5 Å². The van der Waals surface area contributed by atoms with E-state index in [1.165, 1.54) is 16.0 Å². The number of ether oxygens (including phenoxy) is 1. The zero-order valence-electron chi connectivity index (χ0n) is 13.8. The summed E-state index contributed by atoms with van der Waals surface area (Å²) in [6.45, 7) is 3.07. The first-order chi connectivity index (χ1) is 11.1. The number of aromatic nitrogens is 1. The first kappa shape index (κ1) is 17.0. The number of carbonyl (C=O) groups is 1. The van der Waals surface area contributed by atoms with Crippen LogP contribution in [0.15, 0.2) is 48.8 Å². The van der Waals surface area contributed by atoms with Gasteiger partial charge in [0.05, 0.1) is 0 Å². The van der Waals surface area contributed by atoms with Crippen molar-refractivity contribution in [2.45, 2.75) is 13.0 Å². The predicted molar refractivity (Wildman–Crippen MR) is 91.1 cm³/mol. The van der Waals surface area contributed by atoms with E-state index >= 15 is 0 Å². The first-order valence-electron chi connectivity index (χ1n) is 7.65. The van der Waals surface area contributed by atoms with E-state index in [1.807, 2.05) is 12.1 Å². The third kappa shape index (κ3) is 5.07. The fourth-order valence-electron chi connectivity index (χ4n) is 2.17. The Morgan fingerprint density at radius 3 is 2.35 bits per heavy atom. The van der Waals surface area contributed by atoms with Crippen LogP contribution in [0.4, 0.5) is 4.79 Å². The number of hydrogen-bond donors (Lipinski definition) is 1. The van der Waals surface area contributed by atoms with Gasteiger partial charge in [-0.3, -0.25) is 4.98 Å². The Labute approximate surface area is 137 Å². The normalized spacial score (nSPS) is 11.8. The minimum Gasteiger partial charge on any atom is -0.448 e. The highest BCUT2D eigenvalue weighted by molar-refractivity contribution is 5.66. The number of carbonyl (C=O) groups excluding carboxylic acids is 1. The van der Waals surface area contributed by atoms with E-state index in [0.717, 1.165) is 5.56 Å². The smallest absolute Gasteiger partial charge is 0.409 e. The summed E-state index contributed by atoms with van der Waals surface area (Å²) in [5.41, 5.74) is 3.52. The molecule has 1 unspecified atom stereocenters. The molecule has 1 amide bonds. The van der Waals surface area contributed by atoms with Gasteiger partial charge < -0.3 is 15.0 Å². The average Bonchev–Trinajstić information content (AvgIpc) is 2.59. The fraction of sp³-hybridized carbons (Fsp3) is 0.333. The van der Waals surface area contributed by atoms with E-state index in [2.05, 4.69) is 41.5 Å². The second-order valence-electron chi connectivity index (χ2n) is 5.54. The van der Waals surface area contributed by atoms with Crippen molar-refractivity contribution in [2.24, 2.45) is 0 Å². The Morgan fingerprint density at radius 2 is 1.74 bits per heavy atom. The zero-order valence-corrected chi connectivity index (χ0v) is 13.8. The quantitative estimate of drug-likeness (QED) is 0.833. The van der Waals surface area contributed by atoms with Crippen LogP contribution in [0.2, 0.25) is 0 Å². The van der Waals surface area contributed by atoms with Gasteiger partial charge in [0.25, 0.3) is 0 Å². The summed E-state index contributed by atoms with van der Waals surface area (Å²) >= 11 is 0. The Kier molecular flexibility index (Phi) is 6.11. The average molecular weight is 313 g/mol. The monoisotopic (exact) mass is 313 g/mol. The number of hydrogen-bond acceptors (Lipinski definition) is 4. The van der Waals surface area contributed by atoms with Crippen LogP contribution < -0.4 is 5.32 Å². The molecule has 0 saturated carbocycles. The number of pyridine rings is 1. The molecule has 0 bridgehead atoms. The molecule has 1 aromatic carbocycles. The largest absolute Gasteiger partial charge is 0.448 e. The van der Waals surface area contributed by atoms with Gasteiger partial charge in [-0.05, 0) is 35.7 Å². The molecule has 1 aromatic heterocycles. The molecule has 23 heavy (non-hydrogen) atoms. The van der Waals surface area contributed by atoms with Gasteiger partial charge in [-0.1, -0.05) is 24.3 Å². The molecule has 122 valence electrons. The van der Waals surface area contributed by atoms with Crippen molar-refractivity contribution in [3.05, 3.63) is 54.4 Å². The maximum atomic E-state index is 11.3. The van der Waals surface area contributed by atoms with Gasteiger partial charge in [0.1, 0.15) is 6.61 Å². The lowest BCUT2D eigenvalue weighted by atomic mass is 10.0. The van der Waals surface area contributed by atoms with E-state index < -0.39 is 0 Å². The topological polar surface area (TPSA) is 54.5 Å². The summed E-state index contributed by atoms with van der Waals surface area (Å²) in [6.07, 6.45) is 3.27. The summed E-state index contributed by atoms with van der Waals surface area (Å²) in [5.74, 6) is 0. The SMILES string of the molecule is CC(NCCOC(=O)N(C)C)c1ccc(-c2ccncc2)cc1. The Hall–Kier alpha value is -2.40. The first-order valence-corrected chi connectivity index (χ1v) is 7.65. The van der Waals surface area contributed by atoms with Gasteiger partial charge in [-0.15, -0.1) is 0 Å². The van der Waals surface area contributed by atoms with Crippen LogP contribution in [-0.4, -0.2) is 43.2 Å². The molecule has 0 saturated heterocycles. The molecule has 5 nitrogen and oxygen atoms in total. The molecule has 0 aliphatic carbocycles. The third-order valence-corrected chi connectivity index (χ3v) is 3.57. The van der Waals surface area contributed by atoms with Crippen LogP contribution in [0.25, 0.3) is 11.1 Å². The molecular formula is C18H23N3O2. The van der Waals surface area contributed by atoms with Gasteiger partial charge in [0.15, 0.2) is 0 Å². The lowest BCUT2D eigenvalue weighted by Crippen LogP contribution is -2.28. The fourth-order valence-corrected chi connectivity index (χ4v) is 2.17. The molecule has 1 atom stereocenters. The van der Waals surface area contributed by atoms with E-state index in [4.69, 9.17) is 4.74 Å². The Balaban J connectivity index is 1.83. The maximum absolute atomic E-state index is 11.3. The van der Waals surface area contributed by atoms with Crippen molar-refractivity contribution >= 4 is 6.09 Å². The molecule has 1 N–H and O–H groups in total. The van der Waals surface area contributed by atoms with E-state index in [9.17, 15) is 4.79 Å². The van der Waals surface area contributed by atoms with Gasteiger partial charge >= 0.3 is 6.09 Å². The highest BCUT2D eigenvalue weighted by Gasteiger charge is 2.07. The highest BCUT2D eigenvalue weighted by atomic mass is 16.6. The predicted octanol–water partition coefficient (Wildman–Crippen LogP) is 3.10. The summed E-state index contributed by atoms with van der Waals surface area (Å²) in [6, 6.07) is 12.6. The van der Waals surface area contributed by atoms with Crippen LogP contribution >= 0.6 is 0 Å².